The molecule has 29 heavy (non-hydrogen) atoms. The molecule has 0 bridgehead atoms. The number of benzene rings is 1. The molecule has 2 aliphatic carbocycles. The number of aryl methyl sites for hydroxylation is 2. The highest BCUT2D eigenvalue weighted by Gasteiger charge is 2.26. The summed E-state index contributed by atoms with van der Waals surface area (Å²) < 4.78 is 17.4. The highest BCUT2D eigenvalue weighted by Crippen LogP contribution is 2.39. The van der Waals surface area contributed by atoms with Crippen molar-refractivity contribution in [1.82, 2.24) is 5.32 Å². The zero-order valence-corrected chi connectivity index (χ0v) is 18.0. The molecule has 2 unspecified atom stereocenters. The smallest absolute Gasteiger partial charge is 0.309 e. The van der Waals surface area contributed by atoms with Crippen LogP contribution in [0.15, 0.2) is 26.8 Å². The summed E-state index contributed by atoms with van der Waals surface area (Å²) in [7, 11) is -3.26. The molecular weight excluding hydrogens is 404 g/mol. The quantitative estimate of drug-likeness (QED) is 0.684. The maximum Gasteiger partial charge on any atom is 0.354 e. The molecule has 8 heteroatoms. The van der Waals surface area contributed by atoms with Crippen molar-refractivity contribution in [3.63, 3.8) is 0 Å². The number of nitrogens with two attached hydrogens (primary N) is 1. The van der Waals surface area contributed by atoms with Crippen LogP contribution < -0.4 is 15.8 Å². The minimum Gasteiger partial charge on any atom is -0.309 e. The van der Waals surface area contributed by atoms with Crippen LogP contribution in [0.1, 0.15) is 58.9 Å². The summed E-state index contributed by atoms with van der Waals surface area (Å²) in [4.78, 5) is 13.8. The van der Waals surface area contributed by atoms with E-state index in [1.165, 1.54) is 33.6 Å². The Morgan fingerprint density at radius 3 is 2.52 bits per heavy atom. The van der Waals surface area contributed by atoms with Crippen LogP contribution >= 0.6 is 11.3 Å². The van der Waals surface area contributed by atoms with E-state index in [2.05, 4.69) is 21.1 Å². The SMILES string of the molecule is NS(=O)(=NC(=O)Nc1c2c(cc3c1CCC3)CCC2)c1ccc(C2CCCN2)s1. The van der Waals surface area contributed by atoms with E-state index >= 15 is 0 Å². The number of hydrogen-bond donors (Lipinski definition) is 3. The number of urea groups is 1. The third kappa shape index (κ3) is 3.63. The van der Waals surface area contributed by atoms with Gasteiger partial charge in [-0.25, -0.2) is 14.1 Å². The summed E-state index contributed by atoms with van der Waals surface area (Å²) in [5, 5.41) is 12.4. The Hall–Kier alpha value is -1.74. The van der Waals surface area contributed by atoms with E-state index in [-0.39, 0.29) is 6.04 Å². The van der Waals surface area contributed by atoms with E-state index in [1.807, 2.05) is 6.07 Å². The summed E-state index contributed by atoms with van der Waals surface area (Å²) in [6.07, 6.45) is 8.48. The second-order valence-electron chi connectivity index (χ2n) is 8.13. The molecule has 2 atom stereocenters. The largest absolute Gasteiger partial charge is 0.354 e. The fraction of sp³-hybridized carbons (Fsp3) is 0.476. The number of fused-ring (bicyclic) bond motifs is 2. The monoisotopic (exact) mass is 430 g/mol. The number of carbonyl (C=O) groups excluding carboxylic acids is 1. The molecule has 1 saturated heterocycles. The first-order valence-corrected chi connectivity index (χ1v) is 12.8. The van der Waals surface area contributed by atoms with Crippen LogP contribution in [-0.4, -0.2) is 16.8 Å². The lowest BCUT2D eigenvalue weighted by molar-refractivity contribution is 0.260. The molecule has 1 fully saturated rings. The minimum absolute atomic E-state index is 0.285. The summed E-state index contributed by atoms with van der Waals surface area (Å²) in [5.74, 6) is 0. The molecule has 0 radical (unpaired) electrons. The molecule has 4 N–H and O–H groups in total. The average Bonchev–Trinajstić information content (AvgIpc) is 3.46. The number of amides is 2. The summed E-state index contributed by atoms with van der Waals surface area (Å²) in [6, 6.07) is 5.68. The second-order valence-corrected chi connectivity index (χ2v) is 11.3. The van der Waals surface area contributed by atoms with Gasteiger partial charge in [0.25, 0.3) is 0 Å². The van der Waals surface area contributed by atoms with Crippen LogP contribution in [0.2, 0.25) is 0 Å². The van der Waals surface area contributed by atoms with E-state index in [9.17, 15) is 9.00 Å². The predicted octanol–water partition coefficient (Wildman–Crippen LogP) is 4.08. The van der Waals surface area contributed by atoms with Crippen LogP contribution in [0.25, 0.3) is 0 Å². The third-order valence-electron chi connectivity index (χ3n) is 6.22. The van der Waals surface area contributed by atoms with Crippen molar-refractivity contribution in [3.05, 3.63) is 45.3 Å². The van der Waals surface area contributed by atoms with Crippen LogP contribution in [0.3, 0.4) is 0 Å². The highest BCUT2D eigenvalue weighted by atomic mass is 32.2. The van der Waals surface area contributed by atoms with Gasteiger partial charge in [0.2, 0.25) is 0 Å². The standard InChI is InChI=1S/C21H26N4O2S2/c22-29(27,19-10-9-18(28-19)17-8-3-11-23-17)25-21(26)24-20-15-6-1-4-13(15)12-14-5-2-7-16(14)20/h9-10,12,17,23H,1-8,11H2,(H3,22,24,25,26,27). The minimum atomic E-state index is -3.26. The topological polar surface area (TPSA) is 96.6 Å². The van der Waals surface area contributed by atoms with Gasteiger partial charge in [-0.15, -0.1) is 15.7 Å². The molecule has 154 valence electrons. The van der Waals surface area contributed by atoms with Gasteiger partial charge in [-0.2, -0.15) is 0 Å². The van der Waals surface area contributed by atoms with Crippen molar-refractivity contribution >= 4 is 33.0 Å². The molecule has 1 aromatic heterocycles. The number of anilines is 1. The van der Waals surface area contributed by atoms with E-state index in [0.717, 1.165) is 68.5 Å². The Kier molecular flexibility index (Phi) is 4.98. The molecule has 5 rings (SSSR count). The van der Waals surface area contributed by atoms with Gasteiger partial charge in [-0.3, -0.25) is 0 Å². The molecule has 1 aliphatic heterocycles. The van der Waals surface area contributed by atoms with Crippen LogP contribution in [0, 0.1) is 0 Å². The Morgan fingerprint density at radius 1 is 1.14 bits per heavy atom. The molecule has 0 spiro atoms. The summed E-state index contributed by atoms with van der Waals surface area (Å²) in [5.41, 5.74) is 6.02. The molecule has 6 nitrogen and oxygen atoms in total. The van der Waals surface area contributed by atoms with Gasteiger partial charge >= 0.3 is 6.03 Å². The number of nitrogens with one attached hydrogen (secondary N) is 2. The van der Waals surface area contributed by atoms with Gasteiger partial charge in [0.05, 0.1) is 0 Å². The lowest BCUT2D eigenvalue weighted by atomic mass is 9.99. The zero-order valence-electron chi connectivity index (χ0n) is 16.3. The normalized spacial score (nSPS) is 22.2. The number of nitrogens with zero attached hydrogens (tertiary/aromatic N) is 1. The molecule has 0 saturated carbocycles. The molecule has 1 aromatic carbocycles. The van der Waals surface area contributed by atoms with Gasteiger partial charge in [0.1, 0.15) is 4.21 Å². The average molecular weight is 431 g/mol. The van der Waals surface area contributed by atoms with Gasteiger partial charge in [0, 0.05) is 16.6 Å². The molecule has 3 aliphatic rings. The van der Waals surface area contributed by atoms with Crippen molar-refractivity contribution in [2.75, 3.05) is 11.9 Å². The van der Waals surface area contributed by atoms with Crippen molar-refractivity contribution in [3.8, 4) is 0 Å². The van der Waals surface area contributed by atoms with Crippen molar-refractivity contribution in [1.29, 1.82) is 0 Å². The second kappa shape index (κ2) is 7.50. The first-order valence-electron chi connectivity index (χ1n) is 10.4. The van der Waals surface area contributed by atoms with E-state index < -0.39 is 15.9 Å². The van der Waals surface area contributed by atoms with Gasteiger partial charge in [-0.1, -0.05) is 6.07 Å². The Bertz CT molecular complexity index is 1060. The zero-order chi connectivity index (χ0) is 20.0. The number of hydrogen-bond acceptors (Lipinski definition) is 4. The number of rotatable bonds is 3. The van der Waals surface area contributed by atoms with Crippen LogP contribution in [0.4, 0.5) is 10.5 Å². The van der Waals surface area contributed by atoms with Crippen molar-refractivity contribution in [2.24, 2.45) is 9.50 Å². The maximum absolute atomic E-state index is 13.0. The lowest BCUT2D eigenvalue weighted by Gasteiger charge is -2.15. The molecule has 2 heterocycles. The third-order valence-corrected chi connectivity index (χ3v) is 9.33. The summed E-state index contributed by atoms with van der Waals surface area (Å²) >= 11 is 1.39. The van der Waals surface area contributed by atoms with Gasteiger partial charge in [0.15, 0.2) is 9.92 Å². The first kappa shape index (κ1) is 19.2. The maximum atomic E-state index is 13.0. The Labute approximate surface area is 175 Å². The van der Waals surface area contributed by atoms with E-state index in [1.54, 1.807) is 6.07 Å². The fourth-order valence-corrected chi connectivity index (χ4v) is 7.24. The fourth-order valence-electron chi connectivity index (χ4n) is 4.87. The van der Waals surface area contributed by atoms with Crippen molar-refractivity contribution in [2.45, 2.75) is 61.6 Å². The van der Waals surface area contributed by atoms with Crippen LogP contribution in [0.5, 0.6) is 0 Å². The van der Waals surface area contributed by atoms with Crippen LogP contribution in [-0.2, 0) is 35.6 Å². The Balaban J connectivity index is 1.42. The predicted molar refractivity (Wildman–Crippen MR) is 117 cm³/mol. The molecule has 2 aromatic rings. The van der Waals surface area contributed by atoms with E-state index in [0.29, 0.717) is 4.21 Å². The van der Waals surface area contributed by atoms with Crippen molar-refractivity contribution < 1.29 is 9.00 Å². The Morgan fingerprint density at radius 2 is 1.86 bits per heavy atom. The molecule has 2 amide bonds. The van der Waals surface area contributed by atoms with E-state index in [4.69, 9.17) is 5.14 Å². The van der Waals surface area contributed by atoms with Gasteiger partial charge in [-0.05, 0) is 92.3 Å². The molecular formula is C21H26N4O2S2. The number of carbonyl (C=O) groups is 1. The first-order chi connectivity index (χ1) is 14.0. The summed E-state index contributed by atoms with van der Waals surface area (Å²) in [6.45, 7) is 0.994. The number of thiophene rings is 1. The highest BCUT2D eigenvalue weighted by molar-refractivity contribution is 7.93. The lowest BCUT2D eigenvalue weighted by Crippen LogP contribution is -2.18. The van der Waals surface area contributed by atoms with Gasteiger partial charge < -0.3 is 10.6 Å².